The van der Waals surface area contributed by atoms with Crippen molar-refractivity contribution in [2.75, 3.05) is 13.2 Å². The lowest BCUT2D eigenvalue weighted by molar-refractivity contribution is -0.200. The van der Waals surface area contributed by atoms with E-state index >= 15 is 0 Å². The van der Waals surface area contributed by atoms with Gasteiger partial charge in [-0.15, -0.1) is 0 Å². The Hall–Kier alpha value is -1.47. The molecule has 0 radical (unpaired) electrons. The number of esters is 1. The van der Waals surface area contributed by atoms with E-state index in [1.807, 2.05) is 51.1 Å². The fourth-order valence-electron chi connectivity index (χ4n) is 3.53. The molecule has 0 aromatic heterocycles. The molecule has 6 heteroatoms. The first-order chi connectivity index (χ1) is 12.4. The molecule has 1 unspecified atom stereocenters. The van der Waals surface area contributed by atoms with Gasteiger partial charge in [-0.3, -0.25) is 4.79 Å². The molecule has 2 heterocycles. The van der Waals surface area contributed by atoms with Gasteiger partial charge in [0.2, 0.25) is 0 Å². The maximum atomic E-state index is 12.2. The first-order valence-corrected chi connectivity index (χ1v) is 9.20. The highest BCUT2D eigenvalue weighted by atomic mass is 16.8. The molecule has 0 spiro atoms. The average molecular weight is 364 g/mol. The van der Waals surface area contributed by atoms with Crippen molar-refractivity contribution in [1.82, 2.24) is 0 Å². The van der Waals surface area contributed by atoms with Gasteiger partial charge >= 0.3 is 5.97 Å². The van der Waals surface area contributed by atoms with E-state index in [0.717, 1.165) is 5.56 Å². The molecule has 26 heavy (non-hydrogen) atoms. The summed E-state index contributed by atoms with van der Waals surface area (Å²) in [6, 6.07) is 9.97. The van der Waals surface area contributed by atoms with Crippen molar-refractivity contribution in [3.8, 4) is 0 Å². The van der Waals surface area contributed by atoms with E-state index in [1.165, 1.54) is 0 Å². The summed E-state index contributed by atoms with van der Waals surface area (Å²) in [6.07, 6.45) is -1.27. The first kappa shape index (κ1) is 19.3. The quantitative estimate of drug-likeness (QED) is 0.693. The summed E-state index contributed by atoms with van der Waals surface area (Å²) in [5.41, 5.74) is 1.10. The van der Waals surface area contributed by atoms with Gasteiger partial charge in [0.25, 0.3) is 0 Å². The van der Waals surface area contributed by atoms with Crippen LogP contribution in [0.25, 0.3) is 0 Å². The molecular formula is C20H28O6. The molecule has 0 aliphatic carbocycles. The number of fused-ring (bicyclic) bond motifs is 1. The highest BCUT2D eigenvalue weighted by Gasteiger charge is 2.57. The molecule has 0 saturated carbocycles. The summed E-state index contributed by atoms with van der Waals surface area (Å²) in [7, 11) is 0. The molecule has 3 rings (SSSR count). The van der Waals surface area contributed by atoms with Crippen LogP contribution in [0.2, 0.25) is 0 Å². The van der Waals surface area contributed by atoms with Crippen LogP contribution < -0.4 is 0 Å². The van der Waals surface area contributed by atoms with Gasteiger partial charge in [-0.25, -0.2) is 0 Å². The van der Waals surface area contributed by atoms with Crippen LogP contribution in [-0.4, -0.2) is 49.4 Å². The topological polar surface area (TPSA) is 63.2 Å². The highest BCUT2D eigenvalue weighted by molar-refractivity contribution is 5.72. The number of benzene rings is 1. The Bertz CT molecular complexity index is 602. The standard InChI is InChI=1S/C20H28O6/c1-5-23-19(21)13(2)16-18-17(25-20(3,4)26-18)15(24-16)12-22-11-14-9-7-6-8-10-14/h6-10,13,15-18H,5,11-12H2,1-4H3/t13?,15-,16+,17-,18+/m1/s1. The molecule has 2 aliphatic heterocycles. The van der Waals surface area contributed by atoms with Crippen LogP contribution in [0.15, 0.2) is 30.3 Å². The summed E-state index contributed by atoms with van der Waals surface area (Å²) in [5, 5.41) is 0. The normalized spacial score (nSPS) is 30.8. The van der Waals surface area contributed by atoms with Crippen molar-refractivity contribution >= 4 is 5.97 Å². The van der Waals surface area contributed by atoms with E-state index in [1.54, 1.807) is 6.92 Å². The maximum absolute atomic E-state index is 12.2. The lowest BCUT2D eigenvalue weighted by Gasteiger charge is -2.26. The minimum absolute atomic E-state index is 0.261. The Morgan fingerprint density at radius 1 is 1.19 bits per heavy atom. The molecule has 2 saturated heterocycles. The predicted molar refractivity (Wildman–Crippen MR) is 94.4 cm³/mol. The Morgan fingerprint density at radius 2 is 1.88 bits per heavy atom. The lowest BCUT2D eigenvalue weighted by atomic mass is 9.98. The smallest absolute Gasteiger partial charge is 0.311 e. The van der Waals surface area contributed by atoms with Gasteiger partial charge in [0.05, 0.1) is 25.7 Å². The van der Waals surface area contributed by atoms with Crippen molar-refractivity contribution in [1.29, 1.82) is 0 Å². The van der Waals surface area contributed by atoms with Gasteiger partial charge in [0.15, 0.2) is 5.79 Å². The number of rotatable bonds is 7. The Morgan fingerprint density at radius 3 is 2.58 bits per heavy atom. The van der Waals surface area contributed by atoms with Crippen LogP contribution in [0.1, 0.15) is 33.3 Å². The third kappa shape index (κ3) is 4.26. The summed E-state index contributed by atoms with van der Waals surface area (Å²) >= 11 is 0. The number of carbonyl (C=O) groups excluding carboxylic acids is 1. The Balaban J connectivity index is 1.63. The Kier molecular flexibility index (Phi) is 5.97. The molecule has 6 nitrogen and oxygen atoms in total. The fraction of sp³-hybridized carbons (Fsp3) is 0.650. The van der Waals surface area contributed by atoms with Gasteiger partial charge in [-0.1, -0.05) is 30.3 Å². The summed E-state index contributed by atoms with van der Waals surface area (Å²) in [6.45, 7) is 8.57. The molecule has 1 aromatic rings. The van der Waals surface area contributed by atoms with Crippen LogP contribution in [0.5, 0.6) is 0 Å². The van der Waals surface area contributed by atoms with Gasteiger partial charge in [0, 0.05) is 0 Å². The lowest BCUT2D eigenvalue weighted by Crippen LogP contribution is -2.38. The van der Waals surface area contributed by atoms with Crippen molar-refractivity contribution < 1.29 is 28.5 Å². The van der Waals surface area contributed by atoms with Crippen LogP contribution in [-0.2, 0) is 35.1 Å². The van der Waals surface area contributed by atoms with Gasteiger partial charge in [0.1, 0.15) is 24.4 Å². The van der Waals surface area contributed by atoms with E-state index in [9.17, 15) is 4.79 Å². The van der Waals surface area contributed by atoms with E-state index in [2.05, 4.69) is 0 Å². The molecular weight excluding hydrogens is 336 g/mol. The van der Waals surface area contributed by atoms with Gasteiger partial charge in [-0.2, -0.15) is 0 Å². The number of hydrogen-bond acceptors (Lipinski definition) is 6. The summed E-state index contributed by atoms with van der Waals surface area (Å²) in [4.78, 5) is 12.2. The molecule has 1 aromatic carbocycles. The third-order valence-corrected chi connectivity index (χ3v) is 4.73. The minimum Gasteiger partial charge on any atom is -0.466 e. The molecule has 0 N–H and O–H groups in total. The first-order valence-electron chi connectivity index (χ1n) is 9.20. The SMILES string of the molecule is CCOC(=O)C(C)[C@@H]1O[C@H](COCc2ccccc2)[C@H]2OC(C)(C)O[C@H]21. The van der Waals surface area contributed by atoms with E-state index < -0.39 is 17.8 Å². The maximum Gasteiger partial charge on any atom is 0.311 e. The zero-order valence-corrected chi connectivity index (χ0v) is 15.8. The summed E-state index contributed by atoms with van der Waals surface area (Å²) in [5.74, 6) is -1.42. The van der Waals surface area contributed by atoms with Gasteiger partial charge in [-0.05, 0) is 33.3 Å². The monoisotopic (exact) mass is 364 g/mol. The molecule has 144 valence electrons. The summed E-state index contributed by atoms with van der Waals surface area (Å²) < 4.78 is 29.1. The van der Waals surface area contributed by atoms with E-state index in [-0.39, 0.29) is 24.3 Å². The third-order valence-electron chi connectivity index (χ3n) is 4.73. The minimum atomic E-state index is -0.705. The second kappa shape index (κ2) is 8.05. The number of hydrogen-bond donors (Lipinski definition) is 0. The zero-order chi connectivity index (χ0) is 18.7. The average Bonchev–Trinajstić information content (AvgIpc) is 3.09. The van der Waals surface area contributed by atoms with Crippen LogP contribution >= 0.6 is 0 Å². The van der Waals surface area contributed by atoms with Crippen molar-refractivity contribution in [3.63, 3.8) is 0 Å². The fourth-order valence-corrected chi connectivity index (χ4v) is 3.53. The second-order valence-electron chi connectivity index (χ2n) is 7.25. The predicted octanol–water partition coefficient (Wildman–Crippen LogP) is 2.69. The van der Waals surface area contributed by atoms with Gasteiger partial charge < -0.3 is 23.7 Å². The van der Waals surface area contributed by atoms with Crippen molar-refractivity contribution in [2.45, 2.75) is 64.5 Å². The Labute approximate surface area is 154 Å². The van der Waals surface area contributed by atoms with Crippen LogP contribution in [0, 0.1) is 5.92 Å². The second-order valence-corrected chi connectivity index (χ2v) is 7.25. The largest absolute Gasteiger partial charge is 0.466 e. The molecule has 5 atom stereocenters. The molecule has 0 bridgehead atoms. The van der Waals surface area contributed by atoms with E-state index in [0.29, 0.717) is 19.8 Å². The van der Waals surface area contributed by atoms with E-state index in [4.69, 9.17) is 23.7 Å². The van der Waals surface area contributed by atoms with Crippen molar-refractivity contribution in [2.24, 2.45) is 5.92 Å². The molecule has 2 fully saturated rings. The number of ether oxygens (including phenoxy) is 5. The highest BCUT2D eigenvalue weighted by Crippen LogP contribution is 2.41. The van der Waals surface area contributed by atoms with Crippen LogP contribution in [0.3, 0.4) is 0 Å². The molecule has 2 aliphatic rings. The van der Waals surface area contributed by atoms with Crippen LogP contribution in [0.4, 0.5) is 0 Å². The van der Waals surface area contributed by atoms with Crippen molar-refractivity contribution in [3.05, 3.63) is 35.9 Å². The number of carbonyl (C=O) groups is 1. The zero-order valence-electron chi connectivity index (χ0n) is 15.8. The molecule has 0 amide bonds.